The van der Waals surface area contributed by atoms with Crippen LogP contribution in [0.25, 0.3) is 10.8 Å². The lowest BCUT2D eigenvalue weighted by atomic mass is 10.00. The lowest BCUT2D eigenvalue weighted by molar-refractivity contribution is 0.0638. The summed E-state index contributed by atoms with van der Waals surface area (Å²) in [6, 6.07) is 22.8. The number of aliphatic hydroxyl groups is 1. The lowest BCUT2D eigenvalue weighted by Crippen LogP contribution is -2.38. The number of β-amino-alcohol motifs (C(OH)–C–C–N with tert-alkyl or cyclic N) is 1. The average Bonchev–Trinajstić information content (AvgIpc) is 2.66. The summed E-state index contributed by atoms with van der Waals surface area (Å²) in [7, 11) is 0. The molecule has 4 rings (SSSR count). The van der Waals surface area contributed by atoms with Gasteiger partial charge in [-0.1, -0.05) is 54.6 Å². The van der Waals surface area contributed by atoms with E-state index in [1.165, 1.54) is 16.5 Å². The van der Waals surface area contributed by atoms with Crippen LogP contribution in [0.5, 0.6) is 5.75 Å². The molecule has 0 amide bonds. The molecule has 25 heavy (non-hydrogen) atoms. The smallest absolute Gasteiger partial charge is 0.120 e. The first-order valence-corrected chi connectivity index (χ1v) is 8.87. The minimum atomic E-state index is -0.489. The third kappa shape index (κ3) is 3.84. The second-order valence-corrected chi connectivity index (χ2v) is 6.73. The lowest BCUT2D eigenvalue weighted by Gasteiger charge is -2.30. The Hall–Kier alpha value is -2.36. The summed E-state index contributed by atoms with van der Waals surface area (Å²) < 4.78 is 5.81. The van der Waals surface area contributed by atoms with E-state index in [0.29, 0.717) is 13.2 Å². The fraction of sp³-hybridized carbons (Fsp3) is 0.273. The number of ether oxygens (including phenoxy) is 1. The maximum Gasteiger partial charge on any atom is 0.120 e. The highest BCUT2D eigenvalue weighted by molar-refractivity contribution is 5.83. The summed E-state index contributed by atoms with van der Waals surface area (Å²) >= 11 is 0. The van der Waals surface area contributed by atoms with E-state index in [0.717, 1.165) is 30.6 Å². The van der Waals surface area contributed by atoms with Gasteiger partial charge < -0.3 is 9.84 Å². The molecule has 1 aliphatic heterocycles. The van der Waals surface area contributed by atoms with Gasteiger partial charge in [0.25, 0.3) is 0 Å². The zero-order chi connectivity index (χ0) is 17.1. The van der Waals surface area contributed by atoms with E-state index in [4.69, 9.17) is 4.74 Å². The first-order valence-electron chi connectivity index (χ1n) is 8.87. The van der Waals surface area contributed by atoms with Gasteiger partial charge in [0.1, 0.15) is 18.5 Å². The molecule has 0 bridgehead atoms. The Morgan fingerprint density at radius 1 is 0.920 bits per heavy atom. The van der Waals surface area contributed by atoms with Crippen molar-refractivity contribution < 1.29 is 9.84 Å². The van der Waals surface area contributed by atoms with E-state index in [-0.39, 0.29) is 0 Å². The molecule has 3 aromatic rings. The highest BCUT2D eigenvalue weighted by Gasteiger charge is 2.18. The highest BCUT2D eigenvalue weighted by Crippen LogP contribution is 2.21. The van der Waals surface area contributed by atoms with Crippen molar-refractivity contribution in [2.45, 2.75) is 19.1 Å². The molecule has 0 radical (unpaired) electrons. The van der Waals surface area contributed by atoms with E-state index in [1.54, 1.807) is 0 Å². The number of hydrogen-bond donors (Lipinski definition) is 1. The van der Waals surface area contributed by atoms with Crippen molar-refractivity contribution in [3.8, 4) is 5.75 Å². The van der Waals surface area contributed by atoms with Gasteiger partial charge in [-0.15, -0.1) is 0 Å². The Morgan fingerprint density at radius 2 is 1.68 bits per heavy atom. The third-order valence-electron chi connectivity index (χ3n) is 4.84. The van der Waals surface area contributed by atoms with Crippen LogP contribution in [0.4, 0.5) is 0 Å². The van der Waals surface area contributed by atoms with E-state index in [2.05, 4.69) is 47.4 Å². The van der Waals surface area contributed by atoms with Crippen LogP contribution < -0.4 is 4.74 Å². The van der Waals surface area contributed by atoms with E-state index in [9.17, 15) is 5.11 Å². The summed E-state index contributed by atoms with van der Waals surface area (Å²) in [4.78, 5) is 2.30. The summed E-state index contributed by atoms with van der Waals surface area (Å²) in [5, 5.41) is 12.7. The van der Waals surface area contributed by atoms with Crippen molar-refractivity contribution in [1.29, 1.82) is 0 Å². The van der Waals surface area contributed by atoms with Crippen LogP contribution in [0.1, 0.15) is 11.1 Å². The molecule has 1 atom stereocenters. The summed E-state index contributed by atoms with van der Waals surface area (Å²) in [5.41, 5.74) is 2.80. The van der Waals surface area contributed by atoms with Gasteiger partial charge in [0.2, 0.25) is 0 Å². The van der Waals surface area contributed by atoms with Gasteiger partial charge in [0.15, 0.2) is 0 Å². The van der Waals surface area contributed by atoms with Crippen molar-refractivity contribution in [3.05, 3.63) is 77.9 Å². The number of rotatable bonds is 5. The molecule has 0 aromatic heterocycles. The molecule has 1 heterocycles. The Kier molecular flexibility index (Phi) is 4.68. The number of benzene rings is 3. The molecule has 1 N–H and O–H groups in total. The quantitative estimate of drug-likeness (QED) is 0.774. The zero-order valence-corrected chi connectivity index (χ0v) is 14.3. The summed E-state index contributed by atoms with van der Waals surface area (Å²) in [6.07, 6.45) is 0.561. The Labute approximate surface area is 148 Å². The first-order chi connectivity index (χ1) is 12.3. The third-order valence-corrected chi connectivity index (χ3v) is 4.84. The first kappa shape index (κ1) is 16.1. The largest absolute Gasteiger partial charge is 0.491 e. The monoisotopic (exact) mass is 333 g/mol. The Balaban J connectivity index is 1.32. The maximum atomic E-state index is 10.4. The van der Waals surface area contributed by atoms with Crippen LogP contribution >= 0.6 is 0 Å². The molecule has 3 aromatic carbocycles. The van der Waals surface area contributed by atoms with E-state index >= 15 is 0 Å². The molecule has 0 spiro atoms. The standard InChI is InChI=1S/C22H23NO2/c24-21(15-23-12-11-18-6-2-4-8-20(18)14-23)16-25-22-10-9-17-5-1-3-7-19(17)13-22/h1-10,13,21,24H,11-12,14-16H2. The molecule has 1 unspecified atom stereocenters. The number of nitrogens with zero attached hydrogens (tertiary/aromatic N) is 1. The van der Waals surface area contributed by atoms with Crippen molar-refractivity contribution in [2.75, 3.05) is 19.7 Å². The SMILES string of the molecule is OC(COc1ccc2ccccc2c1)CN1CCc2ccccc2C1. The van der Waals surface area contributed by atoms with Gasteiger partial charge in [-0.2, -0.15) is 0 Å². The molecule has 1 aliphatic rings. The highest BCUT2D eigenvalue weighted by atomic mass is 16.5. The molecular weight excluding hydrogens is 310 g/mol. The van der Waals surface area contributed by atoms with Gasteiger partial charge in [-0.25, -0.2) is 0 Å². The van der Waals surface area contributed by atoms with Crippen LogP contribution in [0.15, 0.2) is 66.7 Å². The molecular formula is C22H23NO2. The number of hydrogen-bond acceptors (Lipinski definition) is 3. The molecule has 3 heteroatoms. The van der Waals surface area contributed by atoms with Gasteiger partial charge in [-0.05, 0) is 40.5 Å². The Morgan fingerprint density at radius 3 is 2.56 bits per heavy atom. The van der Waals surface area contributed by atoms with E-state index in [1.807, 2.05) is 24.3 Å². The molecule has 0 fully saturated rings. The van der Waals surface area contributed by atoms with Crippen molar-refractivity contribution >= 4 is 10.8 Å². The maximum absolute atomic E-state index is 10.4. The predicted molar refractivity (Wildman–Crippen MR) is 101 cm³/mol. The number of aliphatic hydroxyl groups excluding tert-OH is 1. The van der Waals surface area contributed by atoms with E-state index < -0.39 is 6.10 Å². The van der Waals surface area contributed by atoms with Crippen molar-refractivity contribution in [2.24, 2.45) is 0 Å². The molecule has 0 aliphatic carbocycles. The Bertz CT molecular complexity index is 861. The number of fused-ring (bicyclic) bond motifs is 2. The van der Waals surface area contributed by atoms with Crippen LogP contribution in [0.3, 0.4) is 0 Å². The zero-order valence-electron chi connectivity index (χ0n) is 14.3. The predicted octanol–water partition coefficient (Wildman–Crippen LogP) is 3.64. The van der Waals surface area contributed by atoms with Crippen molar-refractivity contribution in [1.82, 2.24) is 4.90 Å². The average molecular weight is 333 g/mol. The van der Waals surface area contributed by atoms with Gasteiger partial charge >= 0.3 is 0 Å². The van der Waals surface area contributed by atoms with Crippen LogP contribution in [0.2, 0.25) is 0 Å². The molecule has 128 valence electrons. The molecule has 0 saturated carbocycles. The van der Waals surface area contributed by atoms with Crippen LogP contribution in [-0.4, -0.2) is 35.8 Å². The summed E-state index contributed by atoms with van der Waals surface area (Å²) in [5.74, 6) is 0.807. The van der Waals surface area contributed by atoms with Gasteiger partial charge in [0, 0.05) is 19.6 Å². The van der Waals surface area contributed by atoms with Gasteiger partial charge in [-0.3, -0.25) is 4.90 Å². The minimum Gasteiger partial charge on any atom is -0.491 e. The normalized spacial score (nSPS) is 15.7. The fourth-order valence-electron chi connectivity index (χ4n) is 3.51. The van der Waals surface area contributed by atoms with Crippen molar-refractivity contribution in [3.63, 3.8) is 0 Å². The minimum absolute atomic E-state index is 0.316. The second kappa shape index (κ2) is 7.26. The molecule has 0 saturated heterocycles. The fourth-order valence-corrected chi connectivity index (χ4v) is 3.51. The molecule has 3 nitrogen and oxygen atoms in total. The summed E-state index contributed by atoms with van der Waals surface area (Å²) in [6.45, 7) is 2.85. The topological polar surface area (TPSA) is 32.7 Å². The second-order valence-electron chi connectivity index (χ2n) is 6.73. The van der Waals surface area contributed by atoms with Crippen LogP contribution in [-0.2, 0) is 13.0 Å². The van der Waals surface area contributed by atoms with Gasteiger partial charge in [0.05, 0.1) is 0 Å². The van der Waals surface area contributed by atoms with Crippen LogP contribution in [0, 0.1) is 0 Å².